The number of anilines is 2. The van der Waals surface area contributed by atoms with Crippen LogP contribution in [0.2, 0.25) is 0 Å². The van der Waals surface area contributed by atoms with Crippen LogP contribution in [0.15, 0.2) is 90.2 Å². The molecule has 186 valence electrons. The number of hydrogen-bond acceptors (Lipinski definition) is 5. The zero-order valence-corrected chi connectivity index (χ0v) is 21.1. The number of aliphatic hydroxyl groups excluding tert-OH is 1. The Hall–Kier alpha value is -4.06. The molecule has 0 radical (unpaired) electrons. The Labute approximate surface area is 212 Å². The van der Waals surface area contributed by atoms with Gasteiger partial charge < -0.3 is 14.7 Å². The van der Waals surface area contributed by atoms with E-state index in [0.717, 1.165) is 16.8 Å². The van der Waals surface area contributed by atoms with Crippen LogP contribution < -0.4 is 14.5 Å². The zero-order valence-electron chi connectivity index (χ0n) is 21.1. The number of carbonyl (C=O) groups is 2. The second kappa shape index (κ2) is 10.7. The molecule has 3 aromatic carbocycles. The largest absolute Gasteiger partial charge is 0.503 e. The number of carbonyl (C=O) groups excluding carboxylic acids is 2. The van der Waals surface area contributed by atoms with Crippen molar-refractivity contribution in [1.82, 2.24) is 0 Å². The molecule has 1 aliphatic heterocycles. The molecule has 0 spiro atoms. The van der Waals surface area contributed by atoms with Crippen LogP contribution in [0.1, 0.15) is 37.4 Å². The number of benzene rings is 3. The normalized spacial score (nSPS) is 15.5. The van der Waals surface area contributed by atoms with Crippen molar-refractivity contribution in [3.63, 3.8) is 0 Å². The molecule has 6 nitrogen and oxygen atoms in total. The number of aliphatic hydroxyl groups is 1. The van der Waals surface area contributed by atoms with Gasteiger partial charge in [0.15, 0.2) is 11.5 Å². The molecule has 36 heavy (non-hydrogen) atoms. The van der Waals surface area contributed by atoms with E-state index in [1.165, 1.54) is 4.90 Å². The summed E-state index contributed by atoms with van der Waals surface area (Å²) in [5.74, 6) is -0.633. The summed E-state index contributed by atoms with van der Waals surface area (Å²) in [7, 11) is 3.90. The Morgan fingerprint density at radius 3 is 2.19 bits per heavy atom. The smallest absolute Gasteiger partial charge is 0.294 e. The van der Waals surface area contributed by atoms with Crippen molar-refractivity contribution >= 4 is 23.1 Å². The number of Topliss-reactive ketones (excluding diaryl/α,β-unsaturated/α-hetero) is 1. The number of ether oxygens (including phenoxy) is 1. The first-order chi connectivity index (χ1) is 17.3. The van der Waals surface area contributed by atoms with Gasteiger partial charge in [-0.2, -0.15) is 0 Å². The maximum atomic E-state index is 13.5. The number of nitrogens with zero attached hydrogens (tertiary/aromatic N) is 2. The lowest BCUT2D eigenvalue weighted by Crippen LogP contribution is -2.31. The topological polar surface area (TPSA) is 70.1 Å². The molecule has 1 heterocycles. The van der Waals surface area contributed by atoms with Gasteiger partial charge in [0.25, 0.3) is 5.91 Å². The van der Waals surface area contributed by atoms with Crippen LogP contribution in [-0.2, 0) is 16.0 Å². The zero-order chi connectivity index (χ0) is 25.8. The summed E-state index contributed by atoms with van der Waals surface area (Å²) in [4.78, 5) is 30.3. The minimum absolute atomic E-state index is 0.0202. The highest BCUT2D eigenvalue weighted by molar-refractivity contribution is 6.16. The molecule has 1 N–H and O–H groups in total. The van der Waals surface area contributed by atoms with Crippen molar-refractivity contribution in [3.8, 4) is 5.75 Å². The van der Waals surface area contributed by atoms with Gasteiger partial charge in [0.05, 0.1) is 17.7 Å². The van der Waals surface area contributed by atoms with Gasteiger partial charge in [0, 0.05) is 31.9 Å². The Balaban J connectivity index is 1.70. The van der Waals surface area contributed by atoms with Crippen molar-refractivity contribution in [2.75, 3.05) is 23.9 Å². The molecule has 1 unspecified atom stereocenters. The summed E-state index contributed by atoms with van der Waals surface area (Å²) in [5, 5.41) is 10.9. The van der Waals surface area contributed by atoms with Crippen molar-refractivity contribution in [2.45, 2.75) is 38.8 Å². The van der Waals surface area contributed by atoms with E-state index in [4.69, 9.17) is 4.74 Å². The van der Waals surface area contributed by atoms with Gasteiger partial charge in [-0.15, -0.1) is 0 Å². The first-order valence-electron chi connectivity index (χ1n) is 12.1. The molecule has 0 aromatic heterocycles. The van der Waals surface area contributed by atoms with E-state index in [9.17, 15) is 14.7 Å². The molecule has 1 aliphatic rings. The second-order valence-electron chi connectivity index (χ2n) is 9.40. The van der Waals surface area contributed by atoms with E-state index in [1.54, 1.807) is 24.3 Å². The van der Waals surface area contributed by atoms with Gasteiger partial charge in [-0.05, 0) is 67.8 Å². The molecule has 0 bridgehead atoms. The Morgan fingerprint density at radius 1 is 0.972 bits per heavy atom. The van der Waals surface area contributed by atoms with Crippen LogP contribution >= 0.6 is 0 Å². The number of aryl methyl sites for hydroxylation is 1. The molecule has 0 saturated heterocycles. The first-order valence-corrected chi connectivity index (χ1v) is 12.1. The summed E-state index contributed by atoms with van der Waals surface area (Å²) < 4.78 is 5.74. The lowest BCUT2D eigenvalue weighted by atomic mass is 9.93. The Kier molecular flexibility index (Phi) is 7.44. The number of ketones is 1. The lowest BCUT2D eigenvalue weighted by Gasteiger charge is -2.27. The SMILES string of the molecule is CC(C)Oc1ccc(N2C(=O)C(O)=C(C(=O)CCc3ccccc3)C2c2ccc(N(C)C)cc2)cc1. The Bertz CT molecular complexity index is 1250. The summed E-state index contributed by atoms with van der Waals surface area (Å²) in [6.07, 6.45) is 0.739. The van der Waals surface area contributed by atoms with E-state index in [2.05, 4.69) is 0 Å². The molecule has 3 aromatic rings. The number of amides is 1. The van der Waals surface area contributed by atoms with E-state index >= 15 is 0 Å². The molecule has 1 amide bonds. The summed E-state index contributed by atoms with van der Waals surface area (Å²) in [6, 6.07) is 23.8. The third-order valence-corrected chi connectivity index (χ3v) is 6.20. The van der Waals surface area contributed by atoms with Gasteiger partial charge in [0.1, 0.15) is 5.75 Å². The monoisotopic (exact) mass is 484 g/mol. The standard InChI is InChI=1S/C30H32N2O4/c1-20(2)36-25-17-15-24(16-18-25)32-28(22-11-13-23(14-12-22)31(3)4)27(29(34)30(32)35)26(33)19-10-21-8-6-5-7-9-21/h5-9,11-18,20,28,34H,10,19H2,1-4H3. The molecule has 0 saturated carbocycles. The molecule has 0 aliphatic carbocycles. The van der Waals surface area contributed by atoms with Gasteiger partial charge in [-0.3, -0.25) is 14.5 Å². The summed E-state index contributed by atoms with van der Waals surface area (Å²) in [6.45, 7) is 3.89. The second-order valence-corrected chi connectivity index (χ2v) is 9.40. The van der Waals surface area contributed by atoms with Gasteiger partial charge >= 0.3 is 0 Å². The van der Waals surface area contributed by atoms with Crippen LogP contribution in [-0.4, -0.2) is 37.0 Å². The fraction of sp³-hybridized carbons (Fsp3) is 0.267. The van der Waals surface area contributed by atoms with Crippen molar-refractivity contribution < 1.29 is 19.4 Å². The van der Waals surface area contributed by atoms with Gasteiger partial charge in [-0.25, -0.2) is 0 Å². The number of rotatable bonds is 9. The minimum atomic E-state index is -0.728. The predicted octanol–water partition coefficient (Wildman–Crippen LogP) is 5.64. The molecular formula is C30H32N2O4. The fourth-order valence-electron chi connectivity index (χ4n) is 4.42. The molecule has 6 heteroatoms. The van der Waals surface area contributed by atoms with Crippen molar-refractivity contribution in [3.05, 3.63) is 101 Å². The molecule has 0 fully saturated rings. The average molecular weight is 485 g/mol. The highest BCUT2D eigenvalue weighted by atomic mass is 16.5. The van der Waals surface area contributed by atoms with Crippen LogP contribution in [0.4, 0.5) is 11.4 Å². The van der Waals surface area contributed by atoms with Crippen molar-refractivity contribution in [1.29, 1.82) is 0 Å². The molecular weight excluding hydrogens is 452 g/mol. The van der Waals surface area contributed by atoms with E-state index < -0.39 is 17.7 Å². The first kappa shape index (κ1) is 25.0. The van der Waals surface area contributed by atoms with E-state index in [0.29, 0.717) is 17.9 Å². The summed E-state index contributed by atoms with van der Waals surface area (Å²) >= 11 is 0. The Morgan fingerprint density at radius 2 is 1.61 bits per heavy atom. The third kappa shape index (κ3) is 5.28. The van der Waals surface area contributed by atoms with Crippen molar-refractivity contribution in [2.24, 2.45) is 0 Å². The molecule has 4 rings (SSSR count). The van der Waals surface area contributed by atoms with Gasteiger partial charge in [0.2, 0.25) is 0 Å². The highest BCUT2D eigenvalue weighted by Crippen LogP contribution is 2.42. The summed E-state index contributed by atoms with van der Waals surface area (Å²) in [5.41, 5.74) is 3.49. The third-order valence-electron chi connectivity index (χ3n) is 6.20. The maximum absolute atomic E-state index is 13.5. The minimum Gasteiger partial charge on any atom is -0.503 e. The highest BCUT2D eigenvalue weighted by Gasteiger charge is 2.44. The van der Waals surface area contributed by atoms with Crippen LogP contribution in [0.3, 0.4) is 0 Å². The average Bonchev–Trinajstić information content (AvgIpc) is 3.14. The van der Waals surface area contributed by atoms with Crippen LogP contribution in [0.5, 0.6) is 5.75 Å². The van der Waals surface area contributed by atoms with E-state index in [-0.39, 0.29) is 23.9 Å². The lowest BCUT2D eigenvalue weighted by molar-refractivity contribution is -0.118. The van der Waals surface area contributed by atoms with Crippen LogP contribution in [0, 0.1) is 0 Å². The van der Waals surface area contributed by atoms with E-state index in [1.807, 2.05) is 87.4 Å². The predicted molar refractivity (Wildman–Crippen MR) is 143 cm³/mol. The maximum Gasteiger partial charge on any atom is 0.294 e. The number of hydrogen-bond donors (Lipinski definition) is 1. The fourth-order valence-corrected chi connectivity index (χ4v) is 4.42. The molecule has 1 atom stereocenters. The van der Waals surface area contributed by atoms with Gasteiger partial charge in [-0.1, -0.05) is 42.5 Å². The quantitative estimate of drug-likeness (QED) is 0.426. The van der Waals surface area contributed by atoms with Crippen LogP contribution in [0.25, 0.3) is 0 Å².